The van der Waals surface area contributed by atoms with Gasteiger partial charge in [0.2, 0.25) is 0 Å². The highest BCUT2D eigenvalue weighted by molar-refractivity contribution is 5.36. The van der Waals surface area contributed by atoms with Crippen LogP contribution in [0.3, 0.4) is 0 Å². The number of aliphatic hydroxyl groups excluding tert-OH is 2. The highest BCUT2D eigenvalue weighted by Gasteiger charge is 2.46. The van der Waals surface area contributed by atoms with Gasteiger partial charge in [0.05, 0.1) is 12.2 Å². The molecule has 2 rings (SSSR count). The molecule has 0 saturated heterocycles. The molecule has 3 heteroatoms. The minimum atomic E-state index is -1.08. The lowest BCUT2D eigenvalue weighted by Gasteiger charge is -2.46. The summed E-state index contributed by atoms with van der Waals surface area (Å²) in [4.78, 5) is 0. The molecule has 0 radical (unpaired) electrons. The van der Waals surface area contributed by atoms with Gasteiger partial charge in [-0.2, -0.15) is 0 Å². The molecule has 0 spiro atoms. The van der Waals surface area contributed by atoms with Crippen molar-refractivity contribution in [2.45, 2.75) is 99.9 Å². The molecule has 0 aromatic rings. The van der Waals surface area contributed by atoms with Gasteiger partial charge in [0.25, 0.3) is 0 Å². The van der Waals surface area contributed by atoms with Crippen LogP contribution < -0.4 is 0 Å². The Kier molecular flexibility index (Phi) is 13.2. The lowest BCUT2D eigenvalue weighted by Crippen LogP contribution is -2.48. The third-order valence-electron chi connectivity index (χ3n) is 8.72. The molecule has 0 aromatic heterocycles. The Labute approximate surface area is 262 Å². The summed E-state index contributed by atoms with van der Waals surface area (Å²) in [5, 5.41) is 31.5. The van der Waals surface area contributed by atoms with Gasteiger partial charge in [-0.1, -0.05) is 147 Å². The molecule has 4 atom stereocenters. The minimum Gasteiger partial charge on any atom is -0.389 e. The van der Waals surface area contributed by atoms with Gasteiger partial charge in [-0.3, -0.25) is 0 Å². The van der Waals surface area contributed by atoms with E-state index in [9.17, 15) is 15.3 Å². The first-order valence-corrected chi connectivity index (χ1v) is 15.5. The number of allylic oxidation sites excluding steroid dienone is 18. The molecule has 3 N–H and O–H groups in total. The van der Waals surface area contributed by atoms with E-state index in [1.54, 1.807) is 6.08 Å². The van der Waals surface area contributed by atoms with Crippen LogP contribution in [0.2, 0.25) is 0 Å². The maximum absolute atomic E-state index is 11.3. The molecule has 0 fully saturated rings. The van der Waals surface area contributed by atoms with Crippen molar-refractivity contribution < 1.29 is 15.3 Å². The van der Waals surface area contributed by atoms with Crippen molar-refractivity contribution in [2.75, 3.05) is 0 Å². The normalized spacial score (nSPS) is 29.5. The van der Waals surface area contributed by atoms with Crippen LogP contribution in [0.25, 0.3) is 0 Å². The van der Waals surface area contributed by atoms with E-state index in [1.165, 1.54) is 16.7 Å². The first-order valence-electron chi connectivity index (χ1n) is 15.5. The lowest BCUT2D eigenvalue weighted by molar-refractivity contribution is -0.0292. The molecule has 0 saturated carbocycles. The third-order valence-corrected chi connectivity index (χ3v) is 8.72. The number of rotatable bonds is 10. The molecular weight excluding hydrogens is 528 g/mol. The van der Waals surface area contributed by atoms with Gasteiger partial charge >= 0.3 is 0 Å². The summed E-state index contributed by atoms with van der Waals surface area (Å²) in [6, 6.07) is 0. The number of hydrogen-bond donors (Lipinski definition) is 3. The molecule has 2 aliphatic rings. The summed E-state index contributed by atoms with van der Waals surface area (Å²) < 4.78 is 0. The van der Waals surface area contributed by atoms with Crippen LogP contribution in [0.15, 0.2) is 131 Å². The SMILES string of the molecule is CC1=CC(O)CC(C)(C)C1/C=C/C(C)=C/C=C/C(C)=C/C=C/C=C(C)/C=C/C=C(C)/C=C/C1(O)C(C)=CC(O)CC1(C)C. The molecule has 2 aliphatic carbocycles. The number of aliphatic hydroxyl groups is 3. The van der Waals surface area contributed by atoms with Crippen LogP contribution in [0.4, 0.5) is 0 Å². The number of hydrogen-bond acceptors (Lipinski definition) is 3. The summed E-state index contributed by atoms with van der Waals surface area (Å²) in [5.41, 5.74) is 5.08. The standard InChI is InChI=1S/C40H56O3/c1-29(17-13-19-31(3)21-22-37-33(5)25-35(41)27-38(37,7)8)15-11-12-16-30(2)18-14-20-32(4)23-24-40(43)34(6)26-36(42)28-39(40,9)10/h11-26,35-37,41-43H,27-28H2,1-10H3/b12-11+,17-13+,18-14+,22-21+,24-23+,29-15+,30-16+,31-19+,32-20+. The Morgan fingerprint density at radius 2 is 1.14 bits per heavy atom. The lowest BCUT2D eigenvalue weighted by atomic mass is 9.64. The largest absolute Gasteiger partial charge is 0.389 e. The Balaban J connectivity index is 1.92. The summed E-state index contributed by atoms with van der Waals surface area (Å²) in [5.74, 6) is 0.337. The molecule has 0 heterocycles. The Morgan fingerprint density at radius 3 is 1.65 bits per heavy atom. The van der Waals surface area contributed by atoms with E-state index in [0.717, 1.165) is 23.1 Å². The van der Waals surface area contributed by atoms with Gasteiger partial charge in [-0.15, -0.1) is 0 Å². The molecule has 4 unspecified atom stereocenters. The van der Waals surface area contributed by atoms with Gasteiger partial charge < -0.3 is 15.3 Å². The van der Waals surface area contributed by atoms with Crippen molar-refractivity contribution in [1.29, 1.82) is 0 Å². The molecular formula is C40H56O3. The monoisotopic (exact) mass is 584 g/mol. The molecule has 43 heavy (non-hydrogen) atoms. The molecule has 234 valence electrons. The summed E-state index contributed by atoms with van der Waals surface area (Å²) in [7, 11) is 0. The maximum atomic E-state index is 11.3. The summed E-state index contributed by atoms with van der Waals surface area (Å²) >= 11 is 0. The maximum Gasteiger partial charge on any atom is 0.109 e. The van der Waals surface area contributed by atoms with Crippen molar-refractivity contribution in [3.8, 4) is 0 Å². The van der Waals surface area contributed by atoms with Gasteiger partial charge in [0, 0.05) is 11.3 Å². The van der Waals surface area contributed by atoms with Crippen molar-refractivity contribution in [1.82, 2.24) is 0 Å². The van der Waals surface area contributed by atoms with Crippen molar-refractivity contribution in [3.63, 3.8) is 0 Å². The second-order valence-electron chi connectivity index (χ2n) is 13.9. The second kappa shape index (κ2) is 15.7. The van der Waals surface area contributed by atoms with E-state index in [1.807, 2.05) is 70.2 Å². The highest BCUT2D eigenvalue weighted by atomic mass is 16.3. The van der Waals surface area contributed by atoms with Crippen molar-refractivity contribution in [2.24, 2.45) is 16.7 Å². The zero-order chi connectivity index (χ0) is 32.4. The van der Waals surface area contributed by atoms with E-state index in [2.05, 4.69) is 90.2 Å². The fourth-order valence-corrected chi connectivity index (χ4v) is 6.04. The Bertz CT molecular complexity index is 1310. The zero-order valence-electron chi connectivity index (χ0n) is 28.2. The third kappa shape index (κ3) is 10.9. The van der Waals surface area contributed by atoms with Gasteiger partial charge in [0.15, 0.2) is 0 Å². The van der Waals surface area contributed by atoms with Gasteiger partial charge in [0.1, 0.15) is 5.60 Å². The van der Waals surface area contributed by atoms with Crippen LogP contribution >= 0.6 is 0 Å². The van der Waals surface area contributed by atoms with Crippen molar-refractivity contribution in [3.05, 3.63) is 131 Å². The fourth-order valence-electron chi connectivity index (χ4n) is 6.04. The molecule has 0 aliphatic heterocycles. The molecule has 3 nitrogen and oxygen atoms in total. The average Bonchev–Trinajstić information content (AvgIpc) is 2.87. The van der Waals surface area contributed by atoms with E-state index in [0.29, 0.717) is 12.3 Å². The molecule has 0 amide bonds. The van der Waals surface area contributed by atoms with Crippen molar-refractivity contribution >= 4 is 0 Å². The molecule has 0 aromatic carbocycles. The molecule has 0 bridgehead atoms. The van der Waals surface area contributed by atoms with E-state index in [-0.39, 0.29) is 11.5 Å². The first-order chi connectivity index (χ1) is 20.0. The average molecular weight is 585 g/mol. The second-order valence-corrected chi connectivity index (χ2v) is 13.9. The summed E-state index contributed by atoms with van der Waals surface area (Å²) in [6.07, 6.45) is 33.2. The minimum absolute atomic E-state index is 0.0477. The summed E-state index contributed by atoms with van der Waals surface area (Å²) in [6.45, 7) is 20.7. The highest BCUT2D eigenvalue weighted by Crippen LogP contribution is 2.45. The van der Waals surface area contributed by atoms with Crippen LogP contribution in [0.5, 0.6) is 0 Å². The van der Waals surface area contributed by atoms with Gasteiger partial charge in [-0.05, 0) is 71.4 Å². The first kappa shape index (κ1) is 36.2. The van der Waals surface area contributed by atoms with Crippen LogP contribution in [-0.4, -0.2) is 33.1 Å². The van der Waals surface area contributed by atoms with E-state index >= 15 is 0 Å². The predicted molar refractivity (Wildman–Crippen MR) is 185 cm³/mol. The predicted octanol–water partition coefficient (Wildman–Crippen LogP) is 9.37. The quantitative estimate of drug-likeness (QED) is 0.177. The van der Waals surface area contributed by atoms with Gasteiger partial charge in [-0.25, -0.2) is 0 Å². The van der Waals surface area contributed by atoms with Crippen LogP contribution in [-0.2, 0) is 0 Å². The smallest absolute Gasteiger partial charge is 0.109 e. The van der Waals surface area contributed by atoms with E-state index < -0.39 is 17.1 Å². The zero-order valence-corrected chi connectivity index (χ0v) is 28.2. The van der Waals surface area contributed by atoms with E-state index in [4.69, 9.17) is 0 Å². The Morgan fingerprint density at radius 1 is 0.674 bits per heavy atom. The van der Waals surface area contributed by atoms with Crippen LogP contribution in [0, 0.1) is 16.7 Å². The van der Waals surface area contributed by atoms with Crippen LogP contribution in [0.1, 0.15) is 82.1 Å². The fraction of sp³-hybridized carbons (Fsp3) is 0.450. The topological polar surface area (TPSA) is 60.7 Å². The Hall–Kier alpha value is -2.98.